The van der Waals surface area contributed by atoms with E-state index in [-0.39, 0.29) is 0 Å². The van der Waals surface area contributed by atoms with E-state index in [9.17, 15) is 0 Å². The Kier molecular flexibility index (Phi) is 5.90. The number of ether oxygens (including phenoxy) is 1. The highest BCUT2D eigenvalue weighted by Crippen LogP contribution is 2.25. The molecule has 3 heteroatoms. The molecule has 0 spiro atoms. The van der Waals surface area contributed by atoms with Crippen LogP contribution < -0.4 is 10.5 Å². The Morgan fingerprint density at radius 2 is 1.75 bits per heavy atom. The molecule has 0 heterocycles. The largest absolute Gasteiger partial charge is 0.492 e. The van der Waals surface area contributed by atoms with Crippen LogP contribution in [0.1, 0.15) is 24.0 Å². The van der Waals surface area contributed by atoms with Gasteiger partial charge in [-0.25, -0.2) is 0 Å². The molecule has 0 amide bonds. The van der Waals surface area contributed by atoms with E-state index in [2.05, 4.69) is 24.3 Å². The van der Waals surface area contributed by atoms with E-state index in [1.807, 2.05) is 24.3 Å². The fourth-order valence-corrected chi connectivity index (χ4v) is 2.30. The summed E-state index contributed by atoms with van der Waals surface area (Å²) in [6, 6.07) is 16.2. The summed E-state index contributed by atoms with van der Waals surface area (Å²) in [7, 11) is 0. The normalized spacial score (nSPS) is 10.5. The zero-order chi connectivity index (χ0) is 14.2. The zero-order valence-corrected chi connectivity index (χ0v) is 12.3. The van der Waals surface area contributed by atoms with E-state index in [4.69, 9.17) is 22.1 Å². The van der Waals surface area contributed by atoms with Crippen LogP contribution in [0.4, 0.5) is 0 Å². The Bertz CT molecular complexity index is 528. The van der Waals surface area contributed by atoms with E-state index < -0.39 is 0 Å². The van der Waals surface area contributed by atoms with Gasteiger partial charge in [0.25, 0.3) is 0 Å². The zero-order valence-electron chi connectivity index (χ0n) is 11.5. The maximum atomic E-state index is 6.14. The Morgan fingerprint density at radius 1 is 0.950 bits per heavy atom. The second-order valence-corrected chi connectivity index (χ2v) is 5.17. The highest BCUT2D eigenvalue weighted by atomic mass is 35.5. The van der Waals surface area contributed by atoms with Crippen LogP contribution in [0.25, 0.3) is 0 Å². The molecule has 106 valence electrons. The van der Waals surface area contributed by atoms with Gasteiger partial charge in [-0.15, -0.1) is 0 Å². The van der Waals surface area contributed by atoms with Crippen molar-refractivity contribution in [2.24, 2.45) is 5.73 Å². The summed E-state index contributed by atoms with van der Waals surface area (Å²) in [5.41, 5.74) is 7.96. The van der Waals surface area contributed by atoms with Crippen LogP contribution in [0.15, 0.2) is 48.5 Å². The molecule has 2 rings (SSSR count). The molecular weight excluding hydrogens is 270 g/mol. The van der Waals surface area contributed by atoms with Gasteiger partial charge in [0.15, 0.2) is 0 Å². The maximum absolute atomic E-state index is 6.14. The highest BCUT2D eigenvalue weighted by molar-refractivity contribution is 6.32. The van der Waals surface area contributed by atoms with E-state index >= 15 is 0 Å². The fourth-order valence-electron chi connectivity index (χ4n) is 2.05. The number of rotatable bonds is 7. The van der Waals surface area contributed by atoms with Gasteiger partial charge in [-0.05, 0) is 42.5 Å². The first kappa shape index (κ1) is 14.9. The van der Waals surface area contributed by atoms with Crippen molar-refractivity contribution < 1.29 is 4.74 Å². The summed E-state index contributed by atoms with van der Waals surface area (Å²) < 4.78 is 5.70. The van der Waals surface area contributed by atoms with E-state index in [0.29, 0.717) is 18.2 Å². The van der Waals surface area contributed by atoms with Crippen LogP contribution >= 0.6 is 11.6 Å². The third-order valence-electron chi connectivity index (χ3n) is 3.19. The van der Waals surface area contributed by atoms with Gasteiger partial charge < -0.3 is 10.5 Å². The van der Waals surface area contributed by atoms with Gasteiger partial charge >= 0.3 is 0 Å². The summed E-state index contributed by atoms with van der Waals surface area (Å²) in [6.07, 6.45) is 3.22. The Labute approximate surface area is 125 Å². The minimum absolute atomic E-state index is 0.497. The summed E-state index contributed by atoms with van der Waals surface area (Å²) in [6.45, 7) is 1.19. The SMILES string of the molecule is NCc1ccc(OCCCCc2ccccc2)c(Cl)c1. The predicted molar refractivity (Wildman–Crippen MR) is 84.2 cm³/mol. The minimum Gasteiger partial charge on any atom is -0.492 e. The molecule has 0 aliphatic rings. The van der Waals surface area contributed by atoms with Gasteiger partial charge in [-0.2, -0.15) is 0 Å². The van der Waals surface area contributed by atoms with Crippen molar-refractivity contribution in [3.63, 3.8) is 0 Å². The van der Waals surface area contributed by atoms with Crippen LogP contribution in [0, 0.1) is 0 Å². The molecule has 2 N–H and O–H groups in total. The Hall–Kier alpha value is -1.51. The number of aryl methyl sites for hydroxylation is 1. The second kappa shape index (κ2) is 7.93. The van der Waals surface area contributed by atoms with Crippen LogP contribution in [-0.2, 0) is 13.0 Å². The van der Waals surface area contributed by atoms with Crippen molar-refractivity contribution in [1.82, 2.24) is 0 Å². The number of halogens is 1. The smallest absolute Gasteiger partial charge is 0.137 e. The second-order valence-electron chi connectivity index (χ2n) is 4.76. The molecule has 0 bridgehead atoms. The Balaban J connectivity index is 1.71. The molecule has 2 aromatic carbocycles. The number of unbranched alkanes of at least 4 members (excludes halogenated alkanes) is 1. The summed E-state index contributed by atoms with van der Waals surface area (Å²) in [5.74, 6) is 0.739. The number of hydrogen-bond acceptors (Lipinski definition) is 2. The highest BCUT2D eigenvalue weighted by Gasteiger charge is 2.02. The monoisotopic (exact) mass is 289 g/mol. The fraction of sp³-hybridized carbons (Fsp3) is 0.294. The lowest BCUT2D eigenvalue weighted by atomic mass is 10.1. The molecule has 2 nitrogen and oxygen atoms in total. The molecular formula is C17H20ClNO. The van der Waals surface area contributed by atoms with Crippen LogP contribution in [0.3, 0.4) is 0 Å². The van der Waals surface area contributed by atoms with Gasteiger partial charge in [0.05, 0.1) is 11.6 Å². The van der Waals surface area contributed by atoms with Crippen LogP contribution in [-0.4, -0.2) is 6.61 Å². The molecule has 0 fully saturated rings. The molecule has 0 radical (unpaired) electrons. The minimum atomic E-state index is 0.497. The average Bonchev–Trinajstić information content (AvgIpc) is 2.49. The van der Waals surface area contributed by atoms with E-state index in [1.54, 1.807) is 0 Å². The van der Waals surface area contributed by atoms with Gasteiger partial charge in [0.2, 0.25) is 0 Å². The average molecular weight is 290 g/mol. The van der Waals surface area contributed by atoms with Crippen molar-refractivity contribution in [3.05, 3.63) is 64.7 Å². The van der Waals surface area contributed by atoms with Gasteiger partial charge in [-0.3, -0.25) is 0 Å². The first-order valence-corrected chi connectivity index (χ1v) is 7.32. The molecule has 20 heavy (non-hydrogen) atoms. The number of benzene rings is 2. The molecule has 0 unspecified atom stereocenters. The molecule has 0 aliphatic carbocycles. The molecule has 0 saturated heterocycles. The number of nitrogens with two attached hydrogens (primary N) is 1. The maximum Gasteiger partial charge on any atom is 0.137 e. The molecule has 0 saturated carbocycles. The van der Waals surface area contributed by atoms with Crippen molar-refractivity contribution in [2.45, 2.75) is 25.8 Å². The predicted octanol–water partition coefficient (Wildman–Crippen LogP) is 4.20. The molecule has 2 aromatic rings. The lowest BCUT2D eigenvalue weighted by molar-refractivity contribution is 0.307. The lowest BCUT2D eigenvalue weighted by Crippen LogP contribution is -2.00. The quantitative estimate of drug-likeness (QED) is 0.775. The topological polar surface area (TPSA) is 35.2 Å². The first-order chi connectivity index (χ1) is 9.79. The van der Waals surface area contributed by atoms with Gasteiger partial charge in [0.1, 0.15) is 5.75 Å². The third-order valence-corrected chi connectivity index (χ3v) is 3.49. The first-order valence-electron chi connectivity index (χ1n) is 6.95. The number of hydrogen-bond donors (Lipinski definition) is 1. The van der Waals surface area contributed by atoms with Gasteiger partial charge in [-0.1, -0.05) is 48.0 Å². The van der Waals surface area contributed by atoms with Crippen molar-refractivity contribution in [2.75, 3.05) is 6.61 Å². The van der Waals surface area contributed by atoms with Crippen molar-refractivity contribution in [1.29, 1.82) is 0 Å². The third kappa shape index (κ3) is 4.55. The van der Waals surface area contributed by atoms with E-state index in [1.165, 1.54) is 5.56 Å². The van der Waals surface area contributed by atoms with Crippen LogP contribution in [0.2, 0.25) is 5.02 Å². The van der Waals surface area contributed by atoms with Gasteiger partial charge in [0, 0.05) is 6.54 Å². The summed E-state index contributed by atoms with van der Waals surface area (Å²) in [4.78, 5) is 0. The standard InChI is InChI=1S/C17H20ClNO/c18-16-12-15(13-19)9-10-17(16)20-11-5-4-8-14-6-2-1-3-7-14/h1-3,6-7,9-10,12H,4-5,8,11,13,19H2. The molecule has 0 aliphatic heterocycles. The van der Waals surface area contributed by atoms with Crippen molar-refractivity contribution >= 4 is 11.6 Å². The summed E-state index contributed by atoms with van der Waals surface area (Å²) in [5, 5.41) is 0.635. The lowest BCUT2D eigenvalue weighted by Gasteiger charge is -2.09. The van der Waals surface area contributed by atoms with Crippen LogP contribution in [0.5, 0.6) is 5.75 Å². The van der Waals surface area contributed by atoms with E-state index in [0.717, 1.165) is 30.6 Å². The summed E-state index contributed by atoms with van der Waals surface area (Å²) >= 11 is 6.14. The van der Waals surface area contributed by atoms with Crippen molar-refractivity contribution in [3.8, 4) is 5.75 Å². The molecule has 0 atom stereocenters. The Morgan fingerprint density at radius 3 is 2.45 bits per heavy atom. The molecule has 0 aromatic heterocycles.